The topological polar surface area (TPSA) is 22.1 Å². The van der Waals surface area contributed by atoms with Crippen LogP contribution in [0.4, 0.5) is 0 Å². The molecule has 0 atom stereocenters. The number of rotatable bonds is 3. The van der Waals surface area contributed by atoms with E-state index in [4.69, 9.17) is 4.74 Å². The van der Waals surface area contributed by atoms with Crippen LogP contribution in [0.25, 0.3) is 11.1 Å². The van der Waals surface area contributed by atoms with E-state index in [1.807, 2.05) is 24.3 Å². The van der Waals surface area contributed by atoms with Crippen molar-refractivity contribution < 1.29 is 4.74 Å². The molecule has 0 radical (unpaired) electrons. The van der Waals surface area contributed by atoms with Crippen molar-refractivity contribution in [3.63, 3.8) is 0 Å². The number of methoxy groups -OCH3 is 1. The summed E-state index contributed by atoms with van der Waals surface area (Å²) < 4.78 is 5.26. The van der Waals surface area contributed by atoms with Gasteiger partial charge in [-0.05, 0) is 23.1 Å². The van der Waals surface area contributed by atoms with Crippen molar-refractivity contribution >= 4 is 0 Å². The summed E-state index contributed by atoms with van der Waals surface area (Å²) in [6, 6.07) is 14.4. The fraction of sp³-hybridized carbons (Fsp3) is 0.267. The Kier molecular flexibility index (Phi) is 3.43. The van der Waals surface area contributed by atoms with Gasteiger partial charge >= 0.3 is 0 Å². The van der Waals surface area contributed by atoms with Gasteiger partial charge in [-0.15, -0.1) is 0 Å². The predicted octanol–water partition coefficient (Wildman–Crippen LogP) is 3.88. The lowest BCUT2D eigenvalue weighted by Gasteiger charge is -2.10. The van der Waals surface area contributed by atoms with Crippen LogP contribution < -0.4 is 4.74 Å². The number of ether oxygens (including phenoxy) is 1. The molecule has 0 fully saturated rings. The van der Waals surface area contributed by atoms with Gasteiger partial charge in [0.1, 0.15) is 0 Å². The van der Waals surface area contributed by atoms with Gasteiger partial charge in [0.05, 0.1) is 7.11 Å². The van der Waals surface area contributed by atoms with E-state index < -0.39 is 0 Å². The van der Waals surface area contributed by atoms with E-state index in [0.717, 1.165) is 11.3 Å². The first-order valence-electron chi connectivity index (χ1n) is 5.82. The minimum Gasteiger partial charge on any atom is -0.481 e. The average Bonchev–Trinajstić information content (AvgIpc) is 2.39. The van der Waals surface area contributed by atoms with Gasteiger partial charge in [-0.3, -0.25) is 0 Å². The number of benzene rings is 1. The van der Waals surface area contributed by atoms with Gasteiger partial charge in [0, 0.05) is 11.8 Å². The van der Waals surface area contributed by atoms with E-state index in [9.17, 15) is 0 Å². The molecule has 0 saturated heterocycles. The van der Waals surface area contributed by atoms with Crippen LogP contribution in [0.15, 0.2) is 42.5 Å². The Hall–Kier alpha value is -1.83. The van der Waals surface area contributed by atoms with Crippen LogP contribution in [0.5, 0.6) is 5.88 Å². The van der Waals surface area contributed by atoms with Gasteiger partial charge in [-0.2, -0.15) is 0 Å². The summed E-state index contributed by atoms with van der Waals surface area (Å²) in [5.41, 5.74) is 3.40. The maximum Gasteiger partial charge on any atom is 0.213 e. The van der Waals surface area contributed by atoms with Gasteiger partial charge in [-0.25, -0.2) is 4.98 Å². The molecule has 2 nitrogen and oxygen atoms in total. The normalized spacial score (nSPS) is 10.6. The van der Waals surface area contributed by atoms with Crippen LogP contribution >= 0.6 is 0 Å². The van der Waals surface area contributed by atoms with Gasteiger partial charge in [-0.1, -0.05) is 44.2 Å². The van der Waals surface area contributed by atoms with Crippen LogP contribution in [0.2, 0.25) is 0 Å². The zero-order chi connectivity index (χ0) is 12.3. The third-order valence-electron chi connectivity index (χ3n) is 2.73. The average molecular weight is 227 g/mol. The van der Waals surface area contributed by atoms with Crippen LogP contribution in [0.1, 0.15) is 25.5 Å². The maximum absolute atomic E-state index is 5.26. The standard InChI is InChI=1S/C15H17NO/c1-11(2)14-9-13(10-15(16-14)17-3)12-7-5-4-6-8-12/h4-11H,1-3H3. The minimum absolute atomic E-state index is 0.396. The molecule has 0 aliphatic carbocycles. The molecule has 0 saturated carbocycles. The predicted molar refractivity (Wildman–Crippen MR) is 70.3 cm³/mol. The van der Waals surface area contributed by atoms with E-state index in [-0.39, 0.29) is 0 Å². The first kappa shape index (κ1) is 11.6. The molecule has 2 heteroatoms. The molecule has 88 valence electrons. The first-order chi connectivity index (χ1) is 8.20. The summed E-state index contributed by atoms with van der Waals surface area (Å²) in [7, 11) is 1.65. The van der Waals surface area contributed by atoms with Crippen LogP contribution in [-0.4, -0.2) is 12.1 Å². The zero-order valence-corrected chi connectivity index (χ0v) is 10.5. The highest BCUT2D eigenvalue weighted by Gasteiger charge is 2.07. The Labute approximate surface area is 102 Å². The van der Waals surface area contributed by atoms with Crippen molar-refractivity contribution in [1.29, 1.82) is 0 Å². The molecule has 1 heterocycles. The SMILES string of the molecule is COc1cc(-c2ccccc2)cc(C(C)C)n1. The largest absolute Gasteiger partial charge is 0.481 e. The van der Waals surface area contributed by atoms with Crippen molar-refractivity contribution in [2.45, 2.75) is 19.8 Å². The third kappa shape index (κ3) is 2.64. The van der Waals surface area contributed by atoms with Crippen molar-refractivity contribution in [1.82, 2.24) is 4.98 Å². The molecule has 17 heavy (non-hydrogen) atoms. The highest BCUT2D eigenvalue weighted by Crippen LogP contribution is 2.26. The van der Waals surface area contributed by atoms with Gasteiger partial charge in [0.15, 0.2) is 0 Å². The van der Waals surface area contributed by atoms with E-state index in [0.29, 0.717) is 11.8 Å². The molecule has 0 spiro atoms. The summed E-state index contributed by atoms with van der Waals surface area (Å²) >= 11 is 0. The minimum atomic E-state index is 0.396. The molecule has 2 aromatic rings. The second-order valence-electron chi connectivity index (χ2n) is 4.34. The summed E-state index contributed by atoms with van der Waals surface area (Å²) in [4.78, 5) is 4.45. The molecule has 2 rings (SSSR count). The third-order valence-corrected chi connectivity index (χ3v) is 2.73. The monoisotopic (exact) mass is 227 g/mol. The molecule has 1 aromatic carbocycles. The van der Waals surface area contributed by atoms with E-state index in [1.165, 1.54) is 5.56 Å². The fourth-order valence-electron chi connectivity index (χ4n) is 1.72. The van der Waals surface area contributed by atoms with Crippen molar-refractivity contribution in [3.8, 4) is 17.0 Å². The van der Waals surface area contributed by atoms with Crippen molar-refractivity contribution in [3.05, 3.63) is 48.2 Å². The Balaban J connectivity index is 2.50. The lowest BCUT2D eigenvalue weighted by atomic mass is 10.0. The first-order valence-corrected chi connectivity index (χ1v) is 5.82. The number of hydrogen-bond donors (Lipinski definition) is 0. The van der Waals surface area contributed by atoms with E-state index >= 15 is 0 Å². The lowest BCUT2D eigenvalue weighted by molar-refractivity contribution is 0.396. The number of nitrogens with zero attached hydrogens (tertiary/aromatic N) is 1. The Morgan fingerprint density at radius 2 is 1.71 bits per heavy atom. The fourth-order valence-corrected chi connectivity index (χ4v) is 1.72. The summed E-state index contributed by atoms with van der Waals surface area (Å²) in [6.45, 7) is 4.27. The molecular formula is C15H17NO. The molecular weight excluding hydrogens is 210 g/mol. The highest BCUT2D eigenvalue weighted by atomic mass is 16.5. The molecule has 1 aromatic heterocycles. The van der Waals surface area contributed by atoms with Crippen molar-refractivity contribution in [2.24, 2.45) is 0 Å². The summed E-state index contributed by atoms with van der Waals surface area (Å²) in [5.74, 6) is 1.07. The second-order valence-corrected chi connectivity index (χ2v) is 4.34. The summed E-state index contributed by atoms with van der Waals surface area (Å²) in [6.07, 6.45) is 0. The second kappa shape index (κ2) is 5.00. The van der Waals surface area contributed by atoms with Crippen molar-refractivity contribution in [2.75, 3.05) is 7.11 Å². The molecule has 0 amide bonds. The van der Waals surface area contributed by atoms with E-state index in [2.05, 4.69) is 37.0 Å². The number of pyridine rings is 1. The zero-order valence-electron chi connectivity index (χ0n) is 10.5. The maximum atomic E-state index is 5.26. The van der Waals surface area contributed by atoms with Crippen LogP contribution in [-0.2, 0) is 0 Å². The number of aromatic nitrogens is 1. The quantitative estimate of drug-likeness (QED) is 0.793. The van der Waals surface area contributed by atoms with Gasteiger partial charge in [0.25, 0.3) is 0 Å². The van der Waals surface area contributed by atoms with Crippen LogP contribution in [0.3, 0.4) is 0 Å². The highest BCUT2D eigenvalue weighted by molar-refractivity contribution is 5.64. The summed E-state index contributed by atoms with van der Waals surface area (Å²) in [5, 5.41) is 0. The van der Waals surface area contributed by atoms with Gasteiger partial charge < -0.3 is 4.74 Å². The Morgan fingerprint density at radius 1 is 1.00 bits per heavy atom. The molecule has 0 N–H and O–H groups in total. The Morgan fingerprint density at radius 3 is 2.29 bits per heavy atom. The van der Waals surface area contributed by atoms with Gasteiger partial charge in [0.2, 0.25) is 5.88 Å². The smallest absolute Gasteiger partial charge is 0.213 e. The molecule has 0 unspecified atom stereocenters. The molecule has 0 bridgehead atoms. The Bertz CT molecular complexity index is 492. The van der Waals surface area contributed by atoms with E-state index in [1.54, 1.807) is 7.11 Å². The molecule has 0 aliphatic rings. The molecule has 0 aliphatic heterocycles. The van der Waals surface area contributed by atoms with Crippen LogP contribution in [0, 0.1) is 0 Å². The number of hydrogen-bond acceptors (Lipinski definition) is 2. The lowest BCUT2D eigenvalue weighted by Crippen LogP contribution is -1.97.